The predicted molar refractivity (Wildman–Crippen MR) is 83.8 cm³/mol. The van der Waals surface area contributed by atoms with E-state index >= 15 is 0 Å². The van der Waals surface area contributed by atoms with Crippen molar-refractivity contribution in [3.05, 3.63) is 35.9 Å². The van der Waals surface area contributed by atoms with E-state index in [2.05, 4.69) is 61.3 Å². The molecule has 106 valence electrons. The van der Waals surface area contributed by atoms with E-state index in [9.17, 15) is 0 Å². The van der Waals surface area contributed by atoms with E-state index < -0.39 is 0 Å². The fourth-order valence-electron chi connectivity index (χ4n) is 2.37. The average Bonchev–Trinajstić information content (AvgIpc) is 2.41. The zero-order chi connectivity index (χ0) is 13.5. The first-order chi connectivity index (χ1) is 9.35. The van der Waals surface area contributed by atoms with Gasteiger partial charge in [-0.25, -0.2) is 0 Å². The Kier molecular flexibility index (Phi) is 6.21. The Balaban J connectivity index is 2.05. The molecule has 1 fully saturated rings. The van der Waals surface area contributed by atoms with E-state index in [-0.39, 0.29) is 0 Å². The van der Waals surface area contributed by atoms with E-state index in [0.717, 1.165) is 19.8 Å². The smallest absolute Gasteiger partial charge is 0.0608 e. The molecular weight excluding hydrogens is 254 g/mol. The van der Waals surface area contributed by atoms with Crippen molar-refractivity contribution < 1.29 is 4.74 Å². The minimum atomic E-state index is 0.455. The van der Waals surface area contributed by atoms with Crippen LogP contribution in [0.15, 0.2) is 30.3 Å². The lowest BCUT2D eigenvalue weighted by atomic mass is 10.0. The zero-order valence-electron chi connectivity index (χ0n) is 12.0. The second-order valence-corrected chi connectivity index (χ2v) is 6.63. The summed E-state index contributed by atoms with van der Waals surface area (Å²) in [5.74, 6) is 0. The lowest BCUT2D eigenvalue weighted by molar-refractivity contribution is 0.0452. The summed E-state index contributed by atoms with van der Waals surface area (Å²) in [6.07, 6.45) is 2.37. The largest absolute Gasteiger partial charge is 0.379 e. The van der Waals surface area contributed by atoms with E-state index in [1.165, 1.54) is 18.4 Å². The van der Waals surface area contributed by atoms with Crippen molar-refractivity contribution in [3.63, 3.8) is 0 Å². The van der Waals surface area contributed by atoms with Gasteiger partial charge in [-0.3, -0.25) is 0 Å². The van der Waals surface area contributed by atoms with Gasteiger partial charge in [0.25, 0.3) is 0 Å². The number of ether oxygens (including phenoxy) is 1. The van der Waals surface area contributed by atoms with E-state index in [0.29, 0.717) is 16.5 Å². The summed E-state index contributed by atoms with van der Waals surface area (Å²) in [7, 11) is 0. The standard InChI is InChI=1S/C16H25NOS/c1-3-10-17-16(13-8-6-5-7-9-13)15(4-2)19-14-11-18-12-14/h5-9,14-17H,3-4,10-12H2,1-2H3. The topological polar surface area (TPSA) is 21.3 Å². The Morgan fingerprint density at radius 2 is 2.00 bits per heavy atom. The van der Waals surface area contributed by atoms with Gasteiger partial charge < -0.3 is 10.1 Å². The molecule has 2 nitrogen and oxygen atoms in total. The first-order valence-corrected chi connectivity index (χ1v) is 8.31. The molecule has 1 N–H and O–H groups in total. The van der Waals surface area contributed by atoms with Crippen LogP contribution in [0, 0.1) is 0 Å². The van der Waals surface area contributed by atoms with Gasteiger partial charge >= 0.3 is 0 Å². The molecule has 1 saturated heterocycles. The van der Waals surface area contributed by atoms with Crippen LogP contribution in [0.25, 0.3) is 0 Å². The minimum Gasteiger partial charge on any atom is -0.379 e. The molecule has 0 bridgehead atoms. The second-order valence-electron chi connectivity index (χ2n) is 5.08. The summed E-state index contributed by atoms with van der Waals surface area (Å²) in [4.78, 5) is 0. The molecule has 19 heavy (non-hydrogen) atoms. The Morgan fingerprint density at radius 3 is 2.53 bits per heavy atom. The van der Waals surface area contributed by atoms with Gasteiger partial charge in [-0.05, 0) is 24.9 Å². The van der Waals surface area contributed by atoms with Gasteiger partial charge in [-0.2, -0.15) is 0 Å². The lowest BCUT2D eigenvalue weighted by Crippen LogP contribution is -2.37. The number of hydrogen-bond acceptors (Lipinski definition) is 3. The third-order valence-electron chi connectivity index (χ3n) is 3.52. The fourth-order valence-corrected chi connectivity index (χ4v) is 3.82. The van der Waals surface area contributed by atoms with Crippen LogP contribution in [0.4, 0.5) is 0 Å². The Bertz CT molecular complexity index is 353. The van der Waals surface area contributed by atoms with Gasteiger partial charge in [-0.15, -0.1) is 11.8 Å². The second kappa shape index (κ2) is 7.93. The van der Waals surface area contributed by atoms with E-state index in [1.54, 1.807) is 0 Å². The molecule has 0 aliphatic carbocycles. The van der Waals surface area contributed by atoms with Crippen LogP contribution in [0.2, 0.25) is 0 Å². The van der Waals surface area contributed by atoms with Gasteiger partial charge in [0.1, 0.15) is 0 Å². The van der Waals surface area contributed by atoms with Crippen molar-refractivity contribution in [2.45, 2.75) is 43.2 Å². The molecule has 2 atom stereocenters. The highest BCUT2D eigenvalue weighted by Crippen LogP contribution is 2.34. The summed E-state index contributed by atoms with van der Waals surface area (Å²) < 4.78 is 5.31. The van der Waals surface area contributed by atoms with Gasteiger partial charge in [-0.1, -0.05) is 44.2 Å². The normalized spacial score (nSPS) is 18.8. The first-order valence-electron chi connectivity index (χ1n) is 7.36. The van der Waals surface area contributed by atoms with Crippen molar-refractivity contribution in [2.75, 3.05) is 19.8 Å². The number of nitrogens with one attached hydrogen (secondary N) is 1. The monoisotopic (exact) mass is 279 g/mol. The zero-order valence-corrected chi connectivity index (χ0v) is 12.8. The van der Waals surface area contributed by atoms with Crippen molar-refractivity contribution in [1.29, 1.82) is 0 Å². The highest BCUT2D eigenvalue weighted by atomic mass is 32.2. The third kappa shape index (κ3) is 4.23. The molecule has 0 spiro atoms. The SMILES string of the molecule is CCCNC(c1ccccc1)C(CC)SC1COC1. The van der Waals surface area contributed by atoms with Crippen molar-refractivity contribution in [3.8, 4) is 0 Å². The van der Waals surface area contributed by atoms with Gasteiger partial charge in [0.2, 0.25) is 0 Å². The summed E-state index contributed by atoms with van der Waals surface area (Å²) in [5.41, 5.74) is 1.41. The van der Waals surface area contributed by atoms with Crippen LogP contribution in [0.3, 0.4) is 0 Å². The van der Waals surface area contributed by atoms with Crippen molar-refractivity contribution in [2.24, 2.45) is 0 Å². The van der Waals surface area contributed by atoms with Crippen LogP contribution in [-0.4, -0.2) is 30.3 Å². The van der Waals surface area contributed by atoms with Gasteiger partial charge in [0.05, 0.1) is 18.5 Å². The molecule has 1 aliphatic heterocycles. The van der Waals surface area contributed by atoms with Gasteiger partial charge in [0.15, 0.2) is 0 Å². The number of benzene rings is 1. The molecule has 0 aromatic heterocycles. The van der Waals surface area contributed by atoms with Crippen molar-refractivity contribution >= 4 is 11.8 Å². The van der Waals surface area contributed by atoms with Crippen LogP contribution in [0.1, 0.15) is 38.3 Å². The molecular formula is C16H25NOS. The number of thioether (sulfide) groups is 1. The quantitative estimate of drug-likeness (QED) is 0.785. The van der Waals surface area contributed by atoms with Crippen LogP contribution >= 0.6 is 11.8 Å². The molecule has 2 unspecified atom stereocenters. The molecule has 3 heteroatoms. The number of hydrogen-bond donors (Lipinski definition) is 1. The molecule has 1 heterocycles. The van der Waals surface area contributed by atoms with Gasteiger partial charge in [0, 0.05) is 11.3 Å². The van der Waals surface area contributed by atoms with Crippen LogP contribution in [0.5, 0.6) is 0 Å². The Labute approximate surface area is 121 Å². The molecule has 1 aliphatic rings. The maximum Gasteiger partial charge on any atom is 0.0608 e. The number of rotatable bonds is 8. The molecule has 2 rings (SSSR count). The average molecular weight is 279 g/mol. The predicted octanol–water partition coefficient (Wildman–Crippen LogP) is 3.64. The Morgan fingerprint density at radius 1 is 1.26 bits per heavy atom. The van der Waals surface area contributed by atoms with Crippen LogP contribution < -0.4 is 5.32 Å². The summed E-state index contributed by atoms with van der Waals surface area (Å²) in [6, 6.07) is 11.3. The lowest BCUT2D eigenvalue weighted by Gasteiger charge is -2.34. The summed E-state index contributed by atoms with van der Waals surface area (Å²) >= 11 is 2.10. The minimum absolute atomic E-state index is 0.455. The van der Waals surface area contributed by atoms with E-state index in [4.69, 9.17) is 4.74 Å². The maximum absolute atomic E-state index is 5.31. The van der Waals surface area contributed by atoms with Crippen LogP contribution in [-0.2, 0) is 4.74 Å². The Hall–Kier alpha value is -0.510. The van der Waals surface area contributed by atoms with E-state index in [1.807, 2.05) is 0 Å². The molecule has 1 aromatic carbocycles. The highest BCUT2D eigenvalue weighted by molar-refractivity contribution is 8.00. The molecule has 0 amide bonds. The third-order valence-corrected chi connectivity index (χ3v) is 5.13. The summed E-state index contributed by atoms with van der Waals surface area (Å²) in [5, 5.41) is 5.05. The molecule has 1 aromatic rings. The summed E-state index contributed by atoms with van der Waals surface area (Å²) in [6.45, 7) is 7.45. The first kappa shape index (κ1) is 14.9. The molecule has 0 saturated carbocycles. The molecule has 0 radical (unpaired) electrons. The maximum atomic E-state index is 5.31. The highest BCUT2D eigenvalue weighted by Gasteiger charge is 2.28. The fraction of sp³-hybridized carbons (Fsp3) is 0.625. The van der Waals surface area contributed by atoms with Crippen molar-refractivity contribution in [1.82, 2.24) is 5.32 Å².